The van der Waals surface area contributed by atoms with Crippen molar-refractivity contribution in [3.05, 3.63) is 123 Å². The molecule has 1 amide bonds. The summed E-state index contributed by atoms with van der Waals surface area (Å²) in [6, 6.07) is 21.1. The Hall–Kier alpha value is -4.20. The van der Waals surface area contributed by atoms with E-state index >= 15 is 0 Å². The molecule has 5 aromatic rings. The van der Waals surface area contributed by atoms with Crippen LogP contribution < -0.4 is 5.32 Å². The topological polar surface area (TPSA) is 71.3 Å². The minimum atomic E-state index is -1.27. The van der Waals surface area contributed by atoms with Crippen molar-refractivity contribution in [2.24, 2.45) is 0 Å². The van der Waals surface area contributed by atoms with Gasteiger partial charge in [0.1, 0.15) is 11.6 Å². The number of benzene rings is 4. The number of nitrogens with one attached hydrogen (secondary N) is 1. The third-order valence-electron chi connectivity index (χ3n) is 6.04. The Bertz CT molecular complexity index is 1700. The first kappa shape index (κ1) is 25.4. The highest BCUT2D eigenvalue weighted by atomic mass is 35.5. The van der Waals surface area contributed by atoms with Gasteiger partial charge in [-0.2, -0.15) is 0 Å². The van der Waals surface area contributed by atoms with E-state index in [4.69, 9.17) is 23.2 Å². The predicted molar refractivity (Wildman–Crippen MR) is 144 cm³/mol. The second kappa shape index (κ2) is 10.3. The zero-order valence-corrected chi connectivity index (χ0v) is 21.0. The first-order chi connectivity index (χ1) is 18.2. The van der Waals surface area contributed by atoms with Gasteiger partial charge in [-0.25, -0.2) is 13.6 Å². The summed E-state index contributed by atoms with van der Waals surface area (Å²) in [7, 11) is 0. The van der Waals surface area contributed by atoms with Crippen molar-refractivity contribution >= 4 is 51.7 Å². The second-order valence-electron chi connectivity index (χ2n) is 8.60. The molecule has 0 fully saturated rings. The van der Waals surface area contributed by atoms with Gasteiger partial charge in [-0.15, -0.1) is 0 Å². The van der Waals surface area contributed by atoms with Crippen LogP contribution in [0.1, 0.15) is 26.4 Å². The smallest absolute Gasteiger partial charge is 0.354 e. The van der Waals surface area contributed by atoms with E-state index in [2.05, 4.69) is 5.32 Å². The Balaban J connectivity index is 1.71. The number of carbonyl (C=O) groups is 2. The largest absolute Gasteiger partial charge is 0.477 e. The van der Waals surface area contributed by atoms with Gasteiger partial charge in [-0.3, -0.25) is 4.79 Å². The predicted octanol–water partition coefficient (Wildman–Crippen LogP) is 7.89. The summed E-state index contributed by atoms with van der Waals surface area (Å²) in [5, 5.41) is 14.3. The van der Waals surface area contributed by atoms with E-state index < -0.39 is 23.5 Å². The highest BCUT2D eigenvalue weighted by Gasteiger charge is 2.25. The highest BCUT2D eigenvalue weighted by molar-refractivity contribution is 6.31. The average molecular weight is 551 g/mol. The van der Waals surface area contributed by atoms with E-state index in [1.54, 1.807) is 54.6 Å². The van der Waals surface area contributed by atoms with Crippen molar-refractivity contribution in [3.63, 3.8) is 0 Å². The number of anilines is 1. The van der Waals surface area contributed by atoms with E-state index in [-0.39, 0.29) is 29.1 Å². The van der Waals surface area contributed by atoms with Crippen LogP contribution in [-0.4, -0.2) is 21.6 Å². The third kappa shape index (κ3) is 5.11. The second-order valence-corrected chi connectivity index (χ2v) is 9.47. The fourth-order valence-corrected chi connectivity index (χ4v) is 4.71. The average Bonchev–Trinajstić information content (AvgIpc) is 3.16. The van der Waals surface area contributed by atoms with Crippen molar-refractivity contribution in [2.45, 2.75) is 6.54 Å². The van der Waals surface area contributed by atoms with Crippen LogP contribution in [0.15, 0.2) is 84.9 Å². The maximum absolute atomic E-state index is 13.9. The quantitative estimate of drug-likeness (QED) is 0.226. The number of fused-ring (bicyclic) bond motifs is 1. The SMILES string of the molecule is O=C(Nc1c(C(=O)O)n(Cc2cccc(Cl)c2)c2cc(-c3cc(F)cc(F)c3)ccc12)c1ccc(Cl)cc1. The number of nitrogens with zero attached hydrogens (tertiary/aromatic N) is 1. The van der Waals surface area contributed by atoms with Gasteiger partial charge in [0.2, 0.25) is 0 Å². The molecule has 0 aliphatic rings. The third-order valence-corrected chi connectivity index (χ3v) is 6.52. The van der Waals surface area contributed by atoms with Gasteiger partial charge in [0.15, 0.2) is 5.69 Å². The number of carboxylic acids is 1. The summed E-state index contributed by atoms with van der Waals surface area (Å²) >= 11 is 12.1. The summed E-state index contributed by atoms with van der Waals surface area (Å²) in [6.07, 6.45) is 0. The maximum atomic E-state index is 13.9. The Labute approximate surface area is 225 Å². The zero-order chi connectivity index (χ0) is 27.0. The number of carboxylic acid groups (broad SMARTS) is 1. The lowest BCUT2D eigenvalue weighted by Gasteiger charge is -2.11. The first-order valence-electron chi connectivity index (χ1n) is 11.4. The zero-order valence-electron chi connectivity index (χ0n) is 19.5. The maximum Gasteiger partial charge on any atom is 0.354 e. The summed E-state index contributed by atoms with van der Waals surface area (Å²) in [5.41, 5.74) is 2.12. The van der Waals surface area contributed by atoms with E-state index in [9.17, 15) is 23.5 Å². The molecule has 5 nitrogen and oxygen atoms in total. The summed E-state index contributed by atoms with van der Waals surface area (Å²) in [4.78, 5) is 25.6. The normalized spacial score (nSPS) is 11.1. The number of hydrogen-bond acceptors (Lipinski definition) is 2. The fraction of sp³-hybridized carbons (Fsp3) is 0.0345. The molecule has 0 unspecified atom stereocenters. The molecule has 0 atom stereocenters. The van der Waals surface area contributed by atoms with Crippen LogP contribution in [0, 0.1) is 11.6 Å². The molecule has 38 heavy (non-hydrogen) atoms. The molecule has 1 heterocycles. The summed E-state index contributed by atoms with van der Waals surface area (Å²) in [6.45, 7) is 0.108. The van der Waals surface area contributed by atoms with Gasteiger partial charge in [0.05, 0.1) is 11.2 Å². The molecule has 190 valence electrons. The van der Waals surface area contributed by atoms with Crippen LogP contribution >= 0.6 is 23.2 Å². The van der Waals surface area contributed by atoms with Crippen molar-refractivity contribution in [3.8, 4) is 11.1 Å². The lowest BCUT2D eigenvalue weighted by molar-refractivity contribution is 0.0687. The molecule has 0 spiro atoms. The standard InChI is InChI=1S/C29H18Cl2F2N2O3/c30-20-7-4-17(5-8-20)28(36)34-26-24-9-6-18(19-11-22(32)14-23(33)12-19)13-25(24)35(27(26)29(37)38)15-16-2-1-3-21(31)10-16/h1-14H,15H2,(H,34,36)(H,37,38). The monoisotopic (exact) mass is 550 g/mol. The van der Waals surface area contributed by atoms with E-state index in [1.165, 1.54) is 28.8 Å². The number of halogens is 4. The molecular formula is C29H18Cl2F2N2O3. The molecule has 0 aliphatic heterocycles. The Morgan fingerprint density at radius 3 is 2.18 bits per heavy atom. The van der Waals surface area contributed by atoms with Gasteiger partial charge in [-0.05, 0) is 71.3 Å². The van der Waals surface area contributed by atoms with Gasteiger partial charge >= 0.3 is 5.97 Å². The Morgan fingerprint density at radius 2 is 1.53 bits per heavy atom. The minimum absolute atomic E-state index is 0.0893. The molecule has 0 aliphatic carbocycles. The Morgan fingerprint density at radius 1 is 0.816 bits per heavy atom. The molecule has 4 aromatic carbocycles. The molecule has 0 saturated heterocycles. The van der Waals surface area contributed by atoms with E-state index in [1.807, 2.05) is 0 Å². The van der Waals surface area contributed by atoms with E-state index in [0.29, 0.717) is 26.5 Å². The van der Waals surface area contributed by atoms with Crippen molar-refractivity contribution in [1.29, 1.82) is 0 Å². The first-order valence-corrected chi connectivity index (χ1v) is 12.1. The number of hydrogen-bond donors (Lipinski definition) is 2. The van der Waals surface area contributed by atoms with E-state index in [0.717, 1.165) is 11.6 Å². The van der Waals surface area contributed by atoms with Crippen LogP contribution in [0.4, 0.5) is 14.5 Å². The molecular weight excluding hydrogens is 533 g/mol. The molecule has 2 N–H and O–H groups in total. The molecule has 1 aromatic heterocycles. The lowest BCUT2D eigenvalue weighted by atomic mass is 10.0. The Kier molecular flexibility index (Phi) is 6.89. The van der Waals surface area contributed by atoms with Crippen LogP contribution in [0.5, 0.6) is 0 Å². The van der Waals surface area contributed by atoms with Crippen molar-refractivity contribution in [2.75, 3.05) is 5.32 Å². The van der Waals surface area contributed by atoms with Gasteiger partial charge in [0, 0.05) is 33.6 Å². The number of aromatic nitrogens is 1. The number of rotatable bonds is 6. The van der Waals surface area contributed by atoms with Crippen molar-refractivity contribution in [1.82, 2.24) is 4.57 Å². The number of carbonyl (C=O) groups excluding carboxylic acids is 1. The lowest BCUT2D eigenvalue weighted by Crippen LogP contribution is -2.16. The highest BCUT2D eigenvalue weighted by Crippen LogP contribution is 2.36. The summed E-state index contributed by atoms with van der Waals surface area (Å²) < 4.78 is 29.4. The molecule has 5 rings (SSSR count). The summed E-state index contributed by atoms with van der Waals surface area (Å²) in [5.74, 6) is -3.27. The molecule has 0 bridgehead atoms. The van der Waals surface area contributed by atoms with Crippen LogP contribution in [-0.2, 0) is 6.54 Å². The molecule has 0 saturated carbocycles. The van der Waals surface area contributed by atoms with Gasteiger partial charge in [0.25, 0.3) is 5.91 Å². The molecule has 9 heteroatoms. The van der Waals surface area contributed by atoms with Crippen LogP contribution in [0.2, 0.25) is 10.0 Å². The molecule has 0 radical (unpaired) electrons. The van der Waals surface area contributed by atoms with Crippen LogP contribution in [0.3, 0.4) is 0 Å². The van der Waals surface area contributed by atoms with Gasteiger partial charge in [-0.1, -0.05) is 47.5 Å². The number of aromatic carboxylic acids is 1. The minimum Gasteiger partial charge on any atom is -0.477 e. The van der Waals surface area contributed by atoms with Crippen molar-refractivity contribution < 1.29 is 23.5 Å². The fourth-order valence-electron chi connectivity index (χ4n) is 4.37. The number of amides is 1. The van der Waals surface area contributed by atoms with Crippen LogP contribution in [0.25, 0.3) is 22.0 Å². The van der Waals surface area contributed by atoms with Gasteiger partial charge < -0.3 is 15.0 Å².